The third kappa shape index (κ3) is 7.37. The molecule has 0 aliphatic carbocycles. The Morgan fingerprint density at radius 3 is 2.30 bits per heavy atom. The van der Waals surface area contributed by atoms with Gasteiger partial charge < -0.3 is 20.5 Å². The number of benzene rings is 2. The molecule has 8 heteroatoms. The van der Waals surface area contributed by atoms with E-state index in [1.165, 1.54) is 0 Å². The predicted molar refractivity (Wildman–Crippen MR) is 121 cm³/mol. The van der Waals surface area contributed by atoms with Gasteiger partial charge >= 0.3 is 0 Å². The minimum absolute atomic E-state index is 0. The summed E-state index contributed by atoms with van der Waals surface area (Å²) in [6.07, 6.45) is 2.45. The van der Waals surface area contributed by atoms with Gasteiger partial charge in [0, 0.05) is 28.5 Å². The van der Waals surface area contributed by atoms with Gasteiger partial charge in [-0.05, 0) is 41.8 Å². The minimum Gasteiger partial charge on any atom is -0.493 e. The molecule has 0 aliphatic heterocycles. The summed E-state index contributed by atoms with van der Waals surface area (Å²) >= 11 is 0. The standard InChI is InChI=1S/C19H25N3O3S.HI/c1-24-17-9-6-14(12-18(17)25-2)10-11-21-19(20)22-13-15-4-7-16(8-5-15)26(3)23;/h4-9,12H,10-11,13H2,1-3H3,(H3,20,21,22);1H. The number of ether oxygens (including phenoxy) is 2. The molecule has 2 aromatic rings. The summed E-state index contributed by atoms with van der Waals surface area (Å²) in [4.78, 5) is 5.13. The first-order valence-corrected chi connectivity index (χ1v) is 9.76. The second-order valence-corrected chi connectivity index (χ2v) is 7.05. The maximum atomic E-state index is 11.4. The molecule has 0 amide bonds. The van der Waals surface area contributed by atoms with E-state index in [9.17, 15) is 4.21 Å². The lowest BCUT2D eigenvalue weighted by atomic mass is 10.1. The molecule has 3 N–H and O–H groups in total. The number of nitrogens with two attached hydrogens (primary N) is 1. The topological polar surface area (TPSA) is 85.9 Å². The van der Waals surface area contributed by atoms with Crippen molar-refractivity contribution in [3.63, 3.8) is 0 Å². The van der Waals surface area contributed by atoms with Gasteiger partial charge in [-0.2, -0.15) is 0 Å². The molecule has 0 radical (unpaired) electrons. The Morgan fingerprint density at radius 2 is 1.70 bits per heavy atom. The predicted octanol–water partition coefficient (Wildman–Crippen LogP) is 2.71. The number of nitrogens with zero attached hydrogens (tertiary/aromatic N) is 1. The van der Waals surface area contributed by atoms with Gasteiger partial charge in [0.15, 0.2) is 17.5 Å². The van der Waals surface area contributed by atoms with E-state index in [1.807, 2.05) is 42.5 Å². The lowest BCUT2D eigenvalue weighted by Gasteiger charge is -2.10. The Morgan fingerprint density at radius 1 is 1.07 bits per heavy atom. The average molecular weight is 503 g/mol. The van der Waals surface area contributed by atoms with Crippen molar-refractivity contribution in [1.82, 2.24) is 5.32 Å². The summed E-state index contributed by atoms with van der Waals surface area (Å²) in [5, 5.41) is 3.10. The second kappa shape index (κ2) is 11.8. The molecular weight excluding hydrogens is 477 g/mol. The van der Waals surface area contributed by atoms with E-state index in [4.69, 9.17) is 15.2 Å². The third-order valence-electron chi connectivity index (χ3n) is 3.85. The Bertz CT molecular complexity index is 782. The first-order valence-electron chi connectivity index (χ1n) is 8.20. The van der Waals surface area contributed by atoms with Crippen molar-refractivity contribution in [3.8, 4) is 11.5 Å². The monoisotopic (exact) mass is 503 g/mol. The molecule has 1 unspecified atom stereocenters. The molecular formula is C19H26IN3O3S. The SMILES string of the molecule is COc1ccc(CCNC(N)=NCc2ccc(S(C)=O)cc2)cc1OC.I. The first-order chi connectivity index (χ1) is 12.5. The van der Waals surface area contributed by atoms with Crippen LogP contribution in [-0.4, -0.2) is 37.2 Å². The molecule has 2 aromatic carbocycles. The Balaban J connectivity index is 0.00000364. The summed E-state index contributed by atoms with van der Waals surface area (Å²) in [7, 11) is 2.27. The maximum Gasteiger partial charge on any atom is 0.188 e. The summed E-state index contributed by atoms with van der Waals surface area (Å²) in [5.41, 5.74) is 8.05. The van der Waals surface area contributed by atoms with E-state index in [-0.39, 0.29) is 24.0 Å². The van der Waals surface area contributed by atoms with Crippen molar-refractivity contribution in [2.75, 3.05) is 27.0 Å². The zero-order valence-corrected chi connectivity index (χ0v) is 18.9. The van der Waals surface area contributed by atoms with Crippen LogP contribution in [0.1, 0.15) is 11.1 Å². The largest absolute Gasteiger partial charge is 0.493 e. The molecule has 0 aromatic heterocycles. The van der Waals surface area contributed by atoms with Gasteiger partial charge in [0.05, 0.1) is 20.8 Å². The van der Waals surface area contributed by atoms with Crippen LogP contribution in [0.15, 0.2) is 52.4 Å². The van der Waals surface area contributed by atoms with Crippen LogP contribution in [-0.2, 0) is 23.8 Å². The Hall–Kier alpha value is -1.81. The molecule has 0 heterocycles. The van der Waals surface area contributed by atoms with Crippen LogP contribution in [0, 0.1) is 0 Å². The van der Waals surface area contributed by atoms with Crippen molar-refractivity contribution >= 4 is 40.7 Å². The number of halogens is 1. The molecule has 0 bridgehead atoms. The summed E-state index contributed by atoms with van der Waals surface area (Å²) in [5.74, 6) is 1.82. The van der Waals surface area contributed by atoms with Gasteiger partial charge in [-0.15, -0.1) is 24.0 Å². The maximum absolute atomic E-state index is 11.4. The number of guanidine groups is 1. The van der Waals surface area contributed by atoms with Crippen molar-refractivity contribution in [1.29, 1.82) is 0 Å². The van der Waals surface area contributed by atoms with Gasteiger partial charge in [-0.25, -0.2) is 4.99 Å². The fraction of sp³-hybridized carbons (Fsp3) is 0.316. The van der Waals surface area contributed by atoms with E-state index in [1.54, 1.807) is 20.5 Å². The lowest BCUT2D eigenvalue weighted by molar-refractivity contribution is 0.354. The fourth-order valence-electron chi connectivity index (χ4n) is 2.39. The van der Waals surface area contributed by atoms with Crippen molar-refractivity contribution in [3.05, 3.63) is 53.6 Å². The molecule has 27 heavy (non-hydrogen) atoms. The molecule has 1 atom stereocenters. The van der Waals surface area contributed by atoms with Gasteiger partial charge in [0.2, 0.25) is 0 Å². The van der Waals surface area contributed by atoms with Crippen LogP contribution in [0.5, 0.6) is 11.5 Å². The molecule has 0 fully saturated rings. The summed E-state index contributed by atoms with van der Waals surface area (Å²) in [6, 6.07) is 13.4. The highest BCUT2D eigenvalue weighted by molar-refractivity contribution is 14.0. The van der Waals surface area contributed by atoms with E-state index in [0.717, 1.165) is 22.4 Å². The quantitative estimate of drug-likeness (QED) is 0.329. The molecule has 148 valence electrons. The normalized spacial score (nSPS) is 12.0. The van der Waals surface area contributed by atoms with E-state index >= 15 is 0 Å². The van der Waals surface area contributed by atoms with Crippen LogP contribution in [0.4, 0.5) is 0 Å². The zero-order valence-electron chi connectivity index (χ0n) is 15.7. The van der Waals surface area contributed by atoms with E-state index < -0.39 is 10.8 Å². The third-order valence-corrected chi connectivity index (χ3v) is 4.79. The number of rotatable bonds is 8. The highest BCUT2D eigenvalue weighted by atomic mass is 127. The number of hydrogen-bond donors (Lipinski definition) is 2. The van der Waals surface area contributed by atoms with Crippen molar-refractivity contribution in [2.45, 2.75) is 17.9 Å². The van der Waals surface area contributed by atoms with Crippen LogP contribution < -0.4 is 20.5 Å². The number of aliphatic imine (C=N–C) groups is 1. The molecule has 0 saturated heterocycles. The smallest absolute Gasteiger partial charge is 0.188 e. The highest BCUT2D eigenvalue weighted by Gasteiger charge is 2.04. The zero-order chi connectivity index (χ0) is 18.9. The molecule has 0 aliphatic rings. The minimum atomic E-state index is -0.967. The summed E-state index contributed by atoms with van der Waals surface area (Å²) in [6.45, 7) is 1.14. The molecule has 0 saturated carbocycles. The van der Waals surface area contributed by atoms with Crippen LogP contribution in [0.3, 0.4) is 0 Å². The van der Waals surface area contributed by atoms with Gasteiger partial charge in [0.25, 0.3) is 0 Å². The van der Waals surface area contributed by atoms with Crippen molar-refractivity contribution in [2.24, 2.45) is 10.7 Å². The molecule has 6 nitrogen and oxygen atoms in total. The number of methoxy groups -OCH3 is 2. The van der Waals surface area contributed by atoms with E-state index in [2.05, 4.69) is 10.3 Å². The summed E-state index contributed by atoms with van der Waals surface area (Å²) < 4.78 is 21.9. The van der Waals surface area contributed by atoms with Gasteiger partial charge in [0.1, 0.15) is 0 Å². The number of hydrogen-bond acceptors (Lipinski definition) is 4. The molecule has 0 spiro atoms. The van der Waals surface area contributed by atoms with Crippen molar-refractivity contribution < 1.29 is 13.7 Å². The first kappa shape index (κ1) is 23.2. The average Bonchev–Trinajstić information content (AvgIpc) is 2.66. The lowest BCUT2D eigenvalue weighted by Crippen LogP contribution is -2.33. The van der Waals surface area contributed by atoms with Gasteiger partial charge in [-0.1, -0.05) is 18.2 Å². The van der Waals surface area contributed by atoms with Crippen LogP contribution in [0.2, 0.25) is 0 Å². The van der Waals surface area contributed by atoms with Gasteiger partial charge in [-0.3, -0.25) is 4.21 Å². The second-order valence-electron chi connectivity index (χ2n) is 5.67. The highest BCUT2D eigenvalue weighted by Crippen LogP contribution is 2.27. The van der Waals surface area contributed by atoms with Crippen LogP contribution >= 0.6 is 24.0 Å². The van der Waals surface area contributed by atoms with Crippen LogP contribution in [0.25, 0.3) is 0 Å². The Labute approximate surface area is 180 Å². The Kier molecular flexibility index (Phi) is 10.2. The fourth-order valence-corrected chi connectivity index (χ4v) is 2.91. The van der Waals surface area contributed by atoms with E-state index in [0.29, 0.717) is 30.5 Å². The number of nitrogens with one attached hydrogen (secondary N) is 1. The molecule has 2 rings (SSSR count).